The second kappa shape index (κ2) is 6.64. The Morgan fingerprint density at radius 3 is 2.59 bits per heavy atom. The van der Waals surface area contributed by atoms with Gasteiger partial charge in [-0.15, -0.1) is 0 Å². The van der Waals surface area contributed by atoms with E-state index in [0.29, 0.717) is 24.3 Å². The molecule has 0 unspecified atom stereocenters. The molecule has 1 aromatic carbocycles. The standard InChI is InChI=1S/C13H17BrO3/c1-9(2)17-13-8-11(14)10(5-4-6-15)7-12(13)16-3/h6-9H,4-5H2,1-3H3. The van der Waals surface area contributed by atoms with Gasteiger partial charge in [0.1, 0.15) is 6.29 Å². The average molecular weight is 301 g/mol. The molecule has 1 aromatic rings. The molecule has 3 nitrogen and oxygen atoms in total. The van der Waals surface area contributed by atoms with Gasteiger partial charge < -0.3 is 14.3 Å². The lowest BCUT2D eigenvalue weighted by atomic mass is 10.1. The third kappa shape index (κ3) is 4.04. The van der Waals surface area contributed by atoms with Crippen molar-refractivity contribution in [2.75, 3.05) is 7.11 Å². The Kier molecular flexibility index (Phi) is 5.48. The maximum Gasteiger partial charge on any atom is 0.162 e. The van der Waals surface area contributed by atoms with Crippen LogP contribution in [0.2, 0.25) is 0 Å². The van der Waals surface area contributed by atoms with E-state index in [-0.39, 0.29) is 6.10 Å². The van der Waals surface area contributed by atoms with E-state index >= 15 is 0 Å². The van der Waals surface area contributed by atoms with E-state index in [1.54, 1.807) is 7.11 Å². The highest BCUT2D eigenvalue weighted by atomic mass is 79.9. The summed E-state index contributed by atoms with van der Waals surface area (Å²) in [4.78, 5) is 10.4. The Morgan fingerprint density at radius 1 is 1.35 bits per heavy atom. The molecule has 0 aliphatic rings. The van der Waals surface area contributed by atoms with Crippen molar-refractivity contribution in [2.24, 2.45) is 0 Å². The third-order valence-corrected chi connectivity index (χ3v) is 2.97. The van der Waals surface area contributed by atoms with Gasteiger partial charge in [0, 0.05) is 10.9 Å². The zero-order valence-corrected chi connectivity index (χ0v) is 11.9. The number of methoxy groups -OCH3 is 1. The van der Waals surface area contributed by atoms with Crippen molar-refractivity contribution >= 4 is 22.2 Å². The van der Waals surface area contributed by atoms with Crippen LogP contribution in [0.15, 0.2) is 16.6 Å². The molecule has 0 amide bonds. The van der Waals surface area contributed by atoms with Crippen molar-refractivity contribution in [1.82, 2.24) is 0 Å². The monoisotopic (exact) mass is 300 g/mol. The Balaban J connectivity index is 3.01. The van der Waals surface area contributed by atoms with Crippen molar-refractivity contribution in [2.45, 2.75) is 32.8 Å². The maximum absolute atomic E-state index is 10.4. The second-order valence-electron chi connectivity index (χ2n) is 3.97. The molecule has 0 N–H and O–H groups in total. The third-order valence-electron chi connectivity index (χ3n) is 2.23. The predicted molar refractivity (Wildman–Crippen MR) is 70.8 cm³/mol. The topological polar surface area (TPSA) is 35.5 Å². The molecule has 94 valence electrons. The van der Waals surface area contributed by atoms with Gasteiger partial charge in [0.15, 0.2) is 11.5 Å². The number of benzene rings is 1. The minimum atomic E-state index is 0.0941. The molecule has 0 spiro atoms. The van der Waals surface area contributed by atoms with E-state index in [9.17, 15) is 4.79 Å². The smallest absolute Gasteiger partial charge is 0.162 e. The number of aryl methyl sites for hydroxylation is 1. The van der Waals surface area contributed by atoms with Crippen LogP contribution in [0.4, 0.5) is 0 Å². The van der Waals surface area contributed by atoms with Gasteiger partial charge in [-0.3, -0.25) is 0 Å². The highest BCUT2D eigenvalue weighted by Crippen LogP contribution is 2.34. The van der Waals surface area contributed by atoms with Gasteiger partial charge in [0.25, 0.3) is 0 Å². The van der Waals surface area contributed by atoms with Gasteiger partial charge in [-0.2, -0.15) is 0 Å². The van der Waals surface area contributed by atoms with Gasteiger partial charge in [-0.25, -0.2) is 0 Å². The van der Waals surface area contributed by atoms with E-state index in [1.165, 1.54) is 0 Å². The number of aldehydes is 1. The molecule has 1 rings (SSSR count). The number of ether oxygens (including phenoxy) is 2. The van der Waals surface area contributed by atoms with Crippen molar-refractivity contribution in [3.8, 4) is 11.5 Å². The highest BCUT2D eigenvalue weighted by molar-refractivity contribution is 9.10. The van der Waals surface area contributed by atoms with Crippen LogP contribution in [-0.4, -0.2) is 19.5 Å². The lowest BCUT2D eigenvalue weighted by Crippen LogP contribution is -2.07. The average Bonchev–Trinajstić information content (AvgIpc) is 2.27. The van der Waals surface area contributed by atoms with Gasteiger partial charge in [-0.1, -0.05) is 15.9 Å². The molecule has 17 heavy (non-hydrogen) atoms. The second-order valence-corrected chi connectivity index (χ2v) is 4.82. The number of carbonyl (C=O) groups excluding carboxylic acids is 1. The molecular weight excluding hydrogens is 284 g/mol. The largest absolute Gasteiger partial charge is 0.493 e. The van der Waals surface area contributed by atoms with Gasteiger partial charge in [0.05, 0.1) is 13.2 Å². The zero-order chi connectivity index (χ0) is 12.8. The number of hydrogen-bond acceptors (Lipinski definition) is 3. The van der Waals surface area contributed by atoms with Crippen molar-refractivity contribution in [3.63, 3.8) is 0 Å². The summed E-state index contributed by atoms with van der Waals surface area (Å²) in [7, 11) is 1.61. The van der Waals surface area contributed by atoms with Crippen molar-refractivity contribution in [1.29, 1.82) is 0 Å². The molecule has 0 radical (unpaired) electrons. The minimum absolute atomic E-state index is 0.0941. The lowest BCUT2D eigenvalue weighted by molar-refractivity contribution is -0.107. The van der Waals surface area contributed by atoms with Crippen LogP contribution >= 0.6 is 15.9 Å². The van der Waals surface area contributed by atoms with Crippen LogP contribution in [0.5, 0.6) is 11.5 Å². The molecule has 0 fully saturated rings. The highest BCUT2D eigenvalue weighted by Gasteiger charge is 2.11. The molecule has 0 aliphatic carbocycles. The first kappa shape index (κ1) is 14.0. The lowest BCUT2D eigenvalue weighted by Gasteiger charge is -2.15. The van der Waals surface area contributed by atoms with Crippen LogP contribution in [0.3, 0.4) is 0 Å². The van der Waals surface area contributed by atoms with E-state index in [0.717, 1.165) is 16.3 Å². The van der Waals surface area contributed by atoms with Gasteiger partial charge in [-0.05, 0) is 38.0 Å². The SMILES string of the molecule is COc1cc(CCC=O)c(Br)cc1OC(C)C. The maximum atomic E-state index is 10.4. The quantitative estimate of drug-likeness (QED) is 0.756. The number of rotatable bonds is 6. The fourth-order valence-electron chi connectivity index (χ4n) is 1.49. The van der Waals surface area contributed by atoms with E-state index in [4.69, 9.17) is 9.47 Å². The Labute approximate surface area is 110 Å². The number of carbonyl (C=O) groups is 1. The fourth-order valence-corrected chi connectivity index (χ4v) is 2.01. The van der Waals surface area contributed by atoms with Crippen LogP contribution in [-0.2, 0) is 11.2 Å². The van der Waals surface area contributed by atoms with E-state index < -0.39 is 0 Å². The predicted octanol–water partition coefficient (Wildman–Crippen LogP) is 3.38. The summed E-state index contributed by atoms with van der Waals surface area (Å²) >= 11 is 3.48. The number of halogens is 1. The van der Waals surface area contributed by atoms with E-state index in [2.05, 4.69) is 15.9 Å². The first-order valence-corrected chi connectivity index (χ1v) is 6.34. The molecule has 0 aliphatic heterocycles. The summed E-state index contributed by atoms with van der Waals surface area (Å²) in [6.07, 6.45) is 2.21. The normalized spacial score (nSPS) is 10.4. The first-order chi connectivity index (χ1) is 8.08. The van der Waals surface area contributed by atoms with Crippen molar-refractivity contribution < 1.29 is 14.3 Å². The van der Waals surface area contributed by atoms with Crippen molar-refractivity contribution in [3.05, 3.63) is 22.2 Å². The zero-order valence-electron chi connectivity index (χ0n) is 10.3. The Hall–Kier alpha value is -1.03. The molecule has 4 heteroatoms. The summed E-state index contributed by atoms with van der Waals surface area (Å²) in [5, 5.41) is 0. The molecule has 0 saturated carbocycles. The summed E-state index contributed by atoms with van der Waals surface area (Å²) in [6.45, 7) is 3.93. The molecule has 0 aromatic heterocycles. The molecule has 0 heterocycles. The van der Waals surface area contributed by atoms with Gasteiger partial charge in [0.2, 0.25) is 0 Å². The van der Waals surface area contributed by atoms with Gasteiger partial charge >= 0.3 is 0 Å². The summed E-state index contributed by atoms with van der Waals surface area (Å²) in [5.74, 6) is 1.41. The Morgan fingerprint density at radius 2 is 2.06 bits per heavy atom. The minimum Gasteiger partial charge on any atom is -0.493 e. The molecular formula is C13H17BrO3. The number of hydrogen-bond donors (Lipinski definition) is 0. The summed E-state index contributed by atoms with van der Waals surface area (Å²) in [5.41, 5.74) is 1.05. The van der Waals surface area contributed by atoms with Crippen LogP contribution in [0.1, 0.15) is 25.8 Å². The first-order valence-electron chi connectivity index (χ1n) is 5.55. The molecule has 0 bridgehead atoms. The van der Waals surface area contributed by atoms with E-state index in [1.807, 2.05) is 26.0 Å². The Bertz CT molecular complexity index is 388. The van der Waals surface area contributed by atoms with Crippen LogP contribution in [0.25, 0.3) is 0 Å². The summed E-state index contributed by atoms with van der Waals surface area (Å²) in [6, 6.07) is 3.80. The fraction of sp³-hybridized carbons (Fsp3) is 0.462. The molecule has 0 atom stereocenters. The summed E-state index contributed by atoms with van der Waals surface area (Å²) < 4.78 is 11.9. The molecule has 0 saturated heterocycles. The van der Waals surface area contributed by atoms with Crippen LogP contribution < -0.4 is 9.47 Å². The van der Waals surface area contributed by atoms with Crippen LogP contribution in [0, 0.1) is 0 Å².